The summed E-state index contributed by atoms with van der Waals surface area (Å²) >= 11 is 16.5. The molecule has 0 atom stereocenters. The predicted octanol–water partition coefficient (Wildman–Crippen LogP) is 7.76. The highest BCUT2D eigenvalue weighted by atomic mass is 79.9. The first-order valence-electron chi connectivity index (χ1n) is 12.2. The Labute approximate surface area is 261 Å². The number of benzene rings is 3. The van der Waals surface area contributed by atoms with Crippen molar-refractivity contribution in [2.45, 2.75) is 26.7 Å². The number of halogens is 4. The molecule has 0 aliphatic rings. The molecule has 0 fully saturated rings. The Morgan fingerprint density at radius 3 is 2.50 bits per heavy atom. The predicted molar refractivity (Wildman–Crippen MR) is 169 cm³/mol. The molecule has 4 rings (SSSR count). The van der Waals surface area contributed by atoms with Gasteiger partial charge in [0.2, 0.25) is 0 Å². The number of ether oxygens (including phenoxy) is 2. The van der Waals surface area contributed by atoms with Crippen molar-refractivity contribution < 1.29 is 14.3 Å². The summed E-state index contributed by atoms with van der Waals surface area (Å²) in [4.78, 5) is 30.6. The fraction of sp³-hybridized carbons (Fsp3) is 0.214. The van der Waals surface area contributed by atoms with Crippen LogP contribution in [0.25, 0.3) is 10.9 Å². The van der Waals surface area contributed by atoms with Gasteiger partial charge in [0.15, 0.2) is 18.1 Å². The summed E-state index contributed by atoms with van der Waals surface area (Å²) in [7, 11) is 0. The van der Waals surface area contributed by atoms with E-state index < -0.39 is 0 Å². The Bertz CT molecular complexity index is 1660. The van der Waals surface area contributed by atoms with Crippen LogP contribution >= 0.6 is 59.4 Å². The highest BCUT2D eigenvalue weighted by molar-refractivity contribution is 9.13. The molecule has 208 valence electrons. The number of carbonyl (C=O) groups is 1. The second-order valence-electron chi connectivity index (χ2n) is 8.85. The molecule has 0 aliphatic heterocycles. The maximum absolute atomic E-state index is 13.4. The van der Waals surface area contributed by atoms with Crippen molar-refractivity contribution in [3.63, 3.8) is 0 Å². The molecular weight excluding hydrogens is 731 g/mol. The van der Waals surface area contributed by atoms with Gasteiger partial charge < -0.3 is 14.8 Å². The molecule has 1 heterocycles. The number of amides is 1. The van der Waals surface area contributed by atoms with E-state index in [0.29, 0.717) is 60.1 Å². The number of carbonyl (C=O) groups excluding carboxylic acids is 1. The zero-order valence-corrected chi connectivity index (χ0v) is 27.2. The quantitative estimate of drug-likeness (QED) is 0.176. The number of nitrogens with one attached hydrogen (secondary N) is 1. The highest BCUT2D eigenvalue weighted by Crippen LogP contribution is 2.42. The standard InChI is InChI=1S/C28H24Br3ClN4O4/c1-4-39-22-11-16(13-33-36-27(15(2)3)35-21-10-5-17(29)12-20(21)28(36)38)24(30)25(31)26(22)40-14-23(37)34-19-8-6-18(32)7-9-19/h5-13,15H,4,14H2,1-3H3,(H,34,37). The minimum atomic E-state index is -0.352. The number of hydrogen-bond donors (Lipinski definition) is 1. The zero-order valence-electron chi connectivity index (χ0n) is 21.7. The van der Waals surface area contributed by atoms with Crippen LogP contribution in [-0.2, 0) is 4.79 Å². The Morgan fingerprint density at radius 2 is 1.82 bits per heavy atom. The third-order valence-corrected chi connectivity index (χ3v) is 8.48. The van der Waals surface area contributed by atoms with E-state index in [-0.39, 0.29) is 24.0 Å². The molecule has 0 saturated heterocycles. The van der Waals surface area contributed by atoms with Crippen LogP contribution in [0.3, 0.4) is 0 Å². The molecule has 3 aromatic carbocycles. The second-order valence-corrected chi connectivity index (χ2v) is 11.8. The maximum Gasteiger partial charge on any atom is 0.282 e. The zero-order chi connectivity index (χ0) is 29.0. The molecule has 0 bridgehead atoms. The fourth-order valence-corrected chi connectivity index (χ4v) is 5.16. The Hall–Kier alpha value is -2.73. The first kappa shape index (κ1) is 30.2. The minimum Gasteiger partial charge on any atom is -0.490 e. The average molecular weight is 756 g/mol. The van der Waals surface area contributed by atoms with Crippen molar-refractivity contribution in [3.05, 3.63) is 88.7 Å². The van der Waals surface area contributed by atoms with Crippen LogP contribution in [0.15, 0.2) is 71.8 Å². The molecule has 0 unspecified atom stereocenters. The normalized spacial score (nSPS) is 11.4. The molecule has 4 aromatic rings. The largest absolute Gasteiger partial charge is 0.490 e. The monoisotopic (exact) mass is 752 g/mol. The fourth-order valence-electron chi connectivity index (χ4n) is 3.74. The van der Waals surface area contributed by atoms with Gasteiger partial charge in [-0.25, -0.2) is 4.98 Å². The van der Waals surface area contributed by atoms with Crippen LogP contribution in [0.1, 0.15) is 38.1 Å². The third-order valence-electron chi connectivity index (χ3n) is 5.59. The molecule has 1 aromatic heterocycles. The summed E-state index contributed by atoms with van der Waals surface area (Å²) in [6.07, 6.45) is 1.55. The van der Waals surface area contributed by atoms with E-state index in [2.05, 4.69) is 63.2 Å². The van der Waals surface area contributed by atoms with E-state index in [0.717, 1.165) is 4.47 Å². The van der Waals surface area contributed by atoms with E-state index in [4.69, 9.17) is 21.1 Å². The molecule has 0 radical (unpaired) electrons. The van der Waals surface area contributed by atoms with Gasteiger partial charge in [-0.2, -0.15) is 9.78 Å². The molecule has 40 heavy (non-hydrogen) atoms. The molecule has 1 amide bonds. The van der Waals surface area contributed by atoms with E-state index in [1.165, 1.54) is 4.68 Å². The summed E-state index contributed by atoms with van der Waals surface area (Å²) in [5.41, 5.74) is 1.54. The van der Waals surface area contributed by atoms with Crippen LogP contribution in [0.2, 0.25) is 5.02 Å². The lowest BCUT2D eigenvalue weighted by atomic mass is 10.2. The number of fused-ring (bicyclic) bond motifs is 1. The van der Waals surface area contributed by atoms with Gasteiger partial charge in [0.25, 0.3) is 11.5 Å². The number of hydrogen-bond acceptors (Lipinski definition) is 6. The number of aromatic nitrogens is 2. The van der Waals surface area contributed by atoms with Gasteiger partial charge in [0, 0.05) is 31.1 Å². The van der Waals surface area contributed by atoms with Gasteiger partial charge in [-0.3, -0.25) is 9.59 Å². The van der Waals surface area contributed by atoms with E-state index >= 15 is 0 Å². The van der Waals surface area contributed by atoms with Crippen molar-refractivity contribution in [2.24, 2.45) is 5.10 Å². The lowest BCUT2D eigenvalue weighted by Crippen LogP contribution is -2.23. The van der Waals surface area contributed by atoms with Crippen LogP contribution in [0, 0.1) is 0 Å². The average Bonchev–Trinajstić information content (AvgIpc) is 2.92. The lowest BCUT2D eigenvalue weighted by Gasteiger charge is -2.16. The summed E-state index contributed by atoms with van der Waals surface area (Å²) in [5.74, 6) is 0.865. The van der Waals surface area contributed by atoms with Crippen LogP contribution < -0.4 is 20.3 Å². The second kappa shape index (κ2) is 13.3. The van der Waals surface area contributed by atoms with Gasteiger partial charge in [-0.05, 0) is 87.3 Å². The van der Waals surface area contributed by atoms with Gasteiger partial charge in [-0.1, -0.05) is 41.4 Å². The molecule has 8 nitrogen and oxygen atoms in total. The number of rotatable bonds is 9. The topological polar surface area (TPSA) is 94.8 Å². The Morgan fingerprint density at radius 1 is 1.10 bits per heavy atom. The summed E-state index contributed by atoms with van der Waals surface area (Å²) in [6, 6.07) is 13.9. The van der Waals surface area contributed by atoms with Crippen molar-refractivity contribution in [2.75, 3.05) is 18.5 Å². The van der Waals surface area contributed by atoms with E-state index in [1.807, 2.05) is 26.8 Å². The summed E-state index contributed by atoms with van der Waals surface area (Å²) < 4.78 is 14.9. The van der Waals surface area contributed by atoms with Crippen molar-refractivity contribution in [1.82, 2.24) is 9.66 Å². The number of anilines is 1. The third kappa shape index (κ3) is 6.94. The molecule has 0 aliphatic carbocycles. The van der Waals surface area contributed by atoms with Crippen LogP contribution in [0.4, 0.5) is 5.69 Å². The Kier molecular flexibility index (Phi) is 10.0. The molecule has 12 heteroatoms. The highest BCUT2D eigenvalue weighted by Gasteiger charge is 2.19. The van der Waals surface area contributed by atoms with Gasteiger partial charge >= 0.3 is 0 Å². The van der Waals surface area contributed by atoms with Crippen molar-refractivity contribution in [1.29, 1.82) is 0 Å². The molecule has 1 N–H and O–H groups in total. The first-order valence-corrected chi connectivity index (χ1v) is 14.9. The molecular formula is C28H24Br3ClN4O4. The smallest absolute Gasteiger partial charge is 0.282 e. The molecule has 0 saturated carbocycles. The maximum atomic E-state index is 13.4. The lowest BCUT2D eigenvalue weighted by molar-refractivity contribution is -0.118. The van der Waals surface area contributed by atoms with Crippen molar-refractivity contribution >= 4 is 88.1 Å². The van der Waals surface area contributed by atoms with Gasteiger partial charge in [0.05, 0.1) is 28.2 Å². The number of nitrogens with zero attached hydrogens (tertiary/aromatic N) is 3. The SMILES string of the molecule is CCOc1cc(C=Nn2c(C(C)C)nc3ccc(Br)cc3c2=O)c(Br)c(Br)c1OCC(=O)Nc1ccc(Cl)cc1. The van der Waals surface area contributed by atoms with Crippen LogP contribution in [0.5, 0.6) is 11.5 Å². The van der Waals surface area contributed by atoms with Crippen molar-refractivity contribution in [3.8, 4) is 11.5 Å². The minimum absolute atomic E-state index is 0.0538. The Balaban J connectivity index is 1.65. The van der Waals surface area contributed by atoms with Gasteiger partial charge in [0.1, 0.15) is 5.82 Å². The summed E-state index contributed by atoms with van der Waals surface area (Å²) in [5, 5.41) is 8.30. The summed E-state index contributed by atoms with van der Waals surface area (Å²) in [6.45, 7) is 5.85. The van der Waals surface area contributed by atoms with Crippen LogP contribution in [-0.4, -0.2) is 35.0 Å². The molecule has 0 spiro atoms. The first-order chi connectivity index (χ1) is 19.1. The van der Waals surface area contributed by atoms with Gasteiger partial charge in [-0.15, -0.1) is 0 Å². The van der Waals surface area contributed by atoms with E-state index in [1.54, 1.807) is 48.7 Å². The van der Waals surface area contributed by atoms with E-state index in [9.17, 15) is 9.59 Å².